The Hall–Kier alpha value is -3.19. The molecule has 1 amide bonds. The summed E-state index contributed by atoms with van der Waals surface area (Å²) in [5.74, 6) is 1.03. The van der Waals surface area contributed by atoms with E-state index in [1.807, 2.05) is 37.3 Å². The predicted molar refractivity (Wildman–Crippen MR) is 107 cm³/mol. The summed E-state index contributed by atoms with van der Waals surface area (Å²) in [5, 5.41) is 16.6. The molecule has 3 aromatic rings. The number of hydrogen-bond donors (Lipinski definition) is 2. The summed E-state index contributed by atoms with van der Waals surface area (Å²) in [7, 11) is 0. The van der Waals surface area contributed by atoms with Gasteiger partial charge in [0.25, 0.3) is 5.91 Å². The van der Waals surface area contributed by atoms with Crippen molar-refractivity contribution in [2.24, 2.45) is 5.41 Å². The van der Waals surface area contributed by atoms with Crippen LogP contribution in [0.5, 0.6) is 5.75 Å². The second-order valence-corrected chi connectivity index (χ2v) is 7.33. The zero-order chi connectivity index (χ0) is 20.7. The molecule has 7 nitrogen and oxygen atoms in total. The van der Waals surface area contributed by atoms with Gasteiger partial charge < -0.3 is 19.7 Å². The maximum Gasteiger partial charge on any atom is 0.255 e. The number of amides is 1. The summed E-state index contributed by atoms with van der Waals surface area (Å²) in [5.41, 5.74) is 1.04. The molecule has 0 spiro atoms. The molecule has 0 saturated heterocycles. The van der Waals surface area contributed by atoms with Gasteiger partial charge >= 0.3 is 0 Å². The lowest BCUT2D eigenvalue weighted by Gasteiger charge is -2.28. The van der Waals surface area contributed by atoms with Crippen LogP contribution in [0.25, 0.3) is 0 Å². The molecule has 1 aromatic heterocycles. The van der Waals surface area contributed by atoms with Gasteiger partial charge in [-0.2, -0.15) is 4.98 Å². The Morgan fingerprint density at radius 2 is 1.90 bits per heavy atom. The van der Waals surface area contributed by atoms with Gasteiger partial charge in [0.05, 0.1) is 12.2 Å². The minimum atomic E-state index is -0.477. The van der Waals surface area contributed by atoms with E-state index in [1.165, 1.54) is 0 Å². The number of benzene rings is 2. The normalized spacial score (nSPS) is 12.9. The Kier molecular flexibility index (Phi) is 6.61. The van der Waals surface area contributed by atoms with Crippen LogP contribution in [0, 0.1) is 12.3 Å². The highest BCUT2D eigenvalue weighted by Crippen LogP contribution is 2.23. The summed E-state index contributed by atoms with van der Waals surface area (Å²) < 4.78 is 10.6. The van der Waals surface area contributed by atoms with Crippen LogP contribution in [-0.2, 0) is 13.0 Å². The zero-order valence-corrected chi connectivity index (χ0v) is 16.6. The largest absolute Gasteiger partial charge is 0.485 e. The fraction of sp³-hybridized carbons (Fsp3) is 0.318. The van der Waals surface area contributed by atoms with Gasteiger partial charge in [0.15, 0.2) is 6.61 Å². The highest BCUT2D eigenvalue weighted by molar-refractivity contribution is 5.96. The third-order valence-corrected chi connectivity index (χ3v) is 4.59. The number of rotatable bonds is 9. The number of aliphatic hydroxyl groups is 1. The second-order valence-electron chi connectivity index (χ2n) is 7.33. The lowest BCUT2D eigenvalue weighted by molar-refractivity contribution is 0.0891. The molecule has 29 heavy (non-hydrogen) atoms. The van der Waals surface area contributed by atoms with Crippen molar-refractivity contribution in [2.45, 2.75) is 26.9 Å². The zero-order valence-electron chi connectivity index (χ0n) is 16.6. The standard InChI is InChI=1S/C22H25N3O4/c1-16-24-20(25-29-16)13-28-19-11-7-6-10-18(19)21(27)23-14-22(2,15-26)12-17-8-4-3-5-9-17/h3-11,26H,12-15H2,1-2H3,(H,23,27). The van der Waals surface area contributed by atoms with Gasteiger partial charge in [-0.3, -0.25) is 4.79 Å². The predicted octanol–water partition coefficient (Wildman–Crippen LogP) is 2.93. The number of para-hydroxylation sites is 1. The van der Waals surface area contributed by atoms with Crippen LogP contribution in [0.4, 0.5) is 0 Å². The summed E-state index contributed by atoms with van der Waals surface area (Å²) in [6.45, 7) is 4.03. The number of aryl methyl sites for hydroxylation is 1. The van der Waals surface area contributed by atoms with E-state index in [9.17, 15) is 9.90 Å². The van der Waals surface area contributed by atoms with Gasteiger partial charge in [0.1, 0.15) is 5.75 Å². The summed E-state index contributed by atoms with van der Waals surface area (Å²) >= 11 is 0. The van der Waals surface area contributed by atoms with Crippen molar-refractivity contribution in [2.75, 3.05) is 13.2 Å². The number of aromatic nitrogens is 2. The van der Waals surface area contributed by atoms with Gasteiger partial charge in [0.2, 0.25) is 11.7 Å². The van der Waals surface area contributed by atoms with Crippen LogP contribution in [0.1, 0.15) is 34.6 Å². The molecule has 0 aliphatic rings. The van der Waals surface area contributed by atoms with Gasteiger partial charge in [-0.1, -0.05) is 54.5 Å². The van der Waals surface area contributed by atoms with Crippen molar-refractivity contribution in [1.82, 2.24) is 15.5 Å². The number of nitrogens with one attached hydrogen (secondary N) is 1. The quantitative estimate of drug-likeness (QED) is 0.578. The number of nitrogens with zero attached hydrogens (tertiary/aromatic N) is 2. The Morgan fingerprint density at radius 1 is 1.17 bits per heavy atom. The lowest BCUT2D eigenvalue weighted by atomic mass is 9.84. The van der Waals surface area contributed by atoms with E-state index in [2.05, 4.69) is 15.5 Å². The number of carbonyl (C=O) groups is 1. The van der Waals surface area contributed by atoms with E-state index >= 15 is 0 Å². The molecule has 0 bridgehead atoms. The fourth-order valence-corrected chi connectivity index (χ4v) is 2.97. The molecule has 152 valence electrons. The van der Waals surface area contributed by atoms with Crippen molar-refractivity contribution >= 4 is 5.91 Å². The molecule has 0 aliphatic heterocycles. The van der Waals surface area contributed by atoms with Crippen LogP contribution >= 0.6 is 0 Å². The second kappa shape index (κ2) is 9.34. The highest BCUT2D eigenvalue weighted by Gasteiger charge is 2.25. The molecular formula is C22H25N3O4. The van der Waals surface area contributed by atoms with Crippen LogP contribution in [0.15, 0.2) is 59.1 Å². The first-order valence-electron chi connectivity index (χ1n) is 9.43. The van der Waals surface area contributed by atoms with Crippen molar-refractivity contribution in [3.8, 4) is 5.75 Å². The summed E-state index contributed by atoms with van der Waals surface area (Å²) in [6, 6.07) is 16.9. The Morgan fingerprint density at radius 3 is 2.59 bits per heavy atom. The third-order valence-electron chi connectivity index (χ3n) is 4.59. The Labute approximate surface area is 169 Å². The maximum atomic E-state index is 12.8. The van der Waals surface area contributed by atoms with Gasteiger partial charge in [-0.25, -0.2) is 0 Å². The Bertz CT molecular complexity index is 942. The number of ether oxygens (including phenoxy) is 1. The van der Waals surface area contributed by atoms with Crippen molar-refractivity contribution in [1.29, 1.82) is 0 Å². The number of carbonyl (C=O) groups excluding carboxylic acids is 1. The summed E-state index contributed by atoms with van der Waals surface area (Å²) in [6.07, 6.45) is 0.653. The minimum Gasteiger partial charge on any atom is -0.485 e. The van der Waals surface area contributed by atoms with Crippen LogP contribution < -0.4 is 10.1 Å². The molecule has 0 fully saturated rings. The smallest absolute Gasteiger partial charge is 0.255 e. The van der Waals surface area contributed by atoms with Gasteiger partial charge in [-0.15, -0.1) is 0 Å². The molecule has 1 unspecified atom stereocenters. The van der Waals surface area contributed by atoms with Crippen LogP contribution in [-0.4, -0.2) is 34.3 Å². The third kappa shape index (κ3) is 5.65. The summed E-state index contributed by atoms with van der Waals surface area (Å²) in [4.78, 5) is 16.9. The monoisotopic (exact) mass is 395 g/mol. The SMILES string of the molecule is Cc1nc(COc2ccccc2C(=O)NCC(C)(CO)Cc2ccccc2)no1. The highest BCUT2D eigenvalue weighted by atomic mass is 16.5. The van der Waals surface area contributed by atoms with Gasteiger partial charge in [0, 0.05) is 18.9 Å². The topological polar surface area (TPSA) is 97.5 Å². The molecule has 3 rings (SSSR count). The molecule has 2 aromatic carbocycles. The van der Waals surface area contributed by atoms with Crippen LogP contribution in [0.2, 0.25) is 0 Å². The van der Waals surface area contributed by atoms with Gasteiger partial charge in [-0.05, 0) is 24.1 Å². The first-order valence-corrected chi connectivity index (χ1v) is 9.43. The molecule has 1 atom stereocenters. The van der Waals surface area contributed by atoms with E-state index in [4.69, 9.17) is 9.26 Å². The van der Waals surface area contributed by atoms with Crippen molar-refractivity contribution < 1.29 is 19.2 Å². The van der Waals surface area contributed by atoms with E-state index in [-0.39, 0.29) is 19.1 Å². The molecule has 0 aliphatic carbocycles. The average molecular weight is 395 g/mol. The van der Waals surface area contributed by atoms with Crippen molar-refractivity contribution in [3.63, 3.8) is 0 Å². The first kappa shape index (κ1) is 20.5. The van der Waals surface area contributed by atoms with E-state index in [0.717, 1.165) is 5.56 Å². The van der Waals surface area contributed by atoms with Crippen molar-refractivity contribution in [3.05, 3.63) is 77.4 Å². The van der Waals surface area contributed by atoms with Crippen LogP contribution in [0.3, 0.4) is 0 Å². The number of aliphatic hydroxyl groups excluding tert-OH is 1. The minimum absolute atomic E-state index is 0.0441. The molecule has 0 saturated carbocycles. The molecular weight excluding hydrogens is 370 g/mol. The molecule has 0 radical (unpaired) electrons. The van der Waals surface area contributed by atoms with E-state index in [1.54, 1.807) is 31.2 Å². The van der Waals surface area contributed by atoms with E-state index in [0.29, 0.717) is 36.0 Å². The lowest BCUT2D eigenvalue weighted by Crippen LogP contribution is -2.39. The number of hydrogen-bond acceptors (Lipinski definition) is 6. The average Bonchev–Trinajstić information content (AvgIpc) is 3.16. The fourth-order valence-electron chi connectivity index (χ4n) is 2.97. The molecule has 1 heterocycles. The first-order chi connectivity index (χ1) is 14.0. The Balaban J connectivity index is 1.63. The molecule has 2 N–H and O–H groups in total. The molecule has 7 heteroatoms. The van der Waals surface area contributed by atoms with E-state index < -0.39 is 5.41 Å². The maximum absolute atomic E-state index is 12.8.